The van der Waals surface area contributed by atoms with Crippen LogP contribution in [-0.4, -0.2) is 51.9 Å². The number of rotatable bonds is 6. The number of hydrogen-bond acceptors (Lipinski definition) is 6. The zero-order chi connectivity index (χ0) is 26.2. The summed E-state index contributed by atoms with van der Waals surface area (Å²) in [6, 6.07) is 4.89. The quantitative estimate of drug-likeness (QED) is 0.552. The van der Waals surface area contributed by atoms with Gasteiger partial charge in [0, 0.05) is 42.9 Å². The van der Waals surface area contributed by atoms with Crippen molar-refractivity contribution in [1.82, 2.24) is 15.2 Å². The van der Waals surface area contributed by atoms with Gasteiger partial charge in [0.05, 0.1) is 22.6 Å². The molecule has 0 bridgehead atoms. The number of likely N-dealkylation sites (tertiary alicyclic amines) is 1. The normalized spacial score (nSPS) is 22.0. The van der Waals surface area contributed by atoms with Gasteiger partial charge in [-0.1, -0.05) is 25.1 Å². The van der Waals surface area contributed by atoms with Gasteiger partial charge in [0.2, 0.25) is 5.91 Å². The third-order valence-corrected chi connectivity index (χ3v) is 7.24. The molecule has 2 unspecified atom stereocenters. The molecule has 10 heteroatoms. The molecule has 0 radical (unpaired) electrons. The number of aliphatic hydroxyl groups excluding tert-OH is 1. The lowest BCUT2D eigenvalue weighted by Crippen LogP contribution is -2.46. The SMILES string of the molecule is Cc1nc(C2(O)CCN(C(=O)CO)CC2)cc2c1N=CC(C)C2N[C@H](C)c1cccc(C(F)F)c1F. The lowest BCUT2D eigenvalue weighted by Gasteiger charge is -2.39. The van der Waals surface area contributed by atoms with E-state index in [4.69, 9.17) is 5.11 Å². The number of pyridine rings is 1. The molecule has 3 atom stereocenters. The van der Waals surface area contributed by atoms with Gasteiger partial charge in [0.25, 0.3) is 6.43 Å². The molecule has 2 aromatic rings. The second-order valence-corrected chi connectivity index (χ2v) is 9.66. The minimum absolute atomic E-state index is 0.102. The summed E-state index contributed by atoms with van der Waals surface area (Å²) in [6.45, 7) is 5.49. The van der Waals surface area contributed by atoms with Crippen molar-refractivity contribution in [2.24, 2.45) is 10.9 Å². The average Bonchev–Trinajstić information content (AvgIpc) is 2.85. The van der Waals surface area contributed by atoms with Gasteiger partial charge in [0.1, 0.15) is 18.0 Å². The Morgan fingerprint density at radius 3 is 2.58 bits per heavy atom. The van der Waals surface area contributed by atoms with E-state index in [1.54, 1.807) is 26.1 Å². The summed E-state index contributed by atoms with van der Waals surface area (Å²) in [7, 11) is 0. The number of alkyl halides is 2. The van der Waals surface area contributed by atoms with Crippen molar-refractivity contribution in [3.8, 4) is 0 Å². The summed E-state index contributed by atoms with van der Waals surface area (Å²) in [5.41, 5.74) is 0.782. The van der Waals surface area contributed by atoms with Crippen LogP contribution in [0.25, 0.3) is 0 Å². The predicted molar refractivity (Wildman–Crippen MR) is 129 cm³/mol. The Morgan fingerprint density at radius 2 is 1.94 bits per heavy atom. The Labute approximate surface area is 208 Å². The number of piperidine rings is 1. The van der Waals surface area contributed by atoms with Crippen LogP contribution < -0.4 is 5.32 Å². The molecule has 194 valence electrons. The lowest BCUT2D eigenvalue weighted by atomic mass is 9.84. The molecule has 0 spiro atoms. The van der Waals surface area contributed by atoms with Gasteiger partial charge in [-0.2, -0.15) is 0 Å². The van der Waals surface area contributed by atoms with Gasteiger partial charge in [-0.05, 0) is 38.3 Å². The van der Waals surface area contributed by atoms with Crippen LogP contribution >= 0.6 is 0 Å². The fourth-order valence-electron chi connectivity index (χ4n) is 5.05. The number of carbonyl (C=O) groups excluding carboxylic acids is 1. The van der Waals surface area contributed by atoms with Crippen molar-refractivity contribution in [2.45, 2.75) is 57.7 Å². The predicted octanol–water partition coefficient (Wildman–Crippen LogP) is 4.01. The van der Waals surface area contributed by atoms with Gasteiger partial charge in [-0.3, -0.25) is 14.8 Å². The molecule has 1 amide bonds. The molecule has 0 aliphatic carbocycles. The van der Waals surface area contributed by atoms with Crippen LogP contribution in [0.15, 0.2) is 29.3 Å². The maximum absolute atomic E-state index is 14.8. The molecule has 4 rings (SSSR count). The van der Waals surface area contributed by atoms with Gasteiger partial charge < -0.3 is 20.4 Å². The number of nitrogens with zero attached hydrogens (tertiary/aromatic N) is 3. The highest BCUT2D eigenvalue weighted by Gasteiger charge is 2.38. The zero-order valence-corrected chi connectivity index (χ0v) is 20.5. The number of aromatic nitrogens is 1. The van der Waals surface area contributed by atoms with E-state index in [1.807, 2.05) is 6.92 Å². The Kier molecular flexibility index (Phi) is 7.49. The zero-order valence-electron chi connectivity index (χ0n) is 20.5. The number of halogens is 3. The van der Waals surface area contributed by atoms with E-state index in [0.717, 1.165) is 11.6 Å². The van der Waals surface area contributed by atoms with Crippen molar-refractivity contribution < 1.29 is 28.2 Å². The maximum atomic E-state index is 14.8. The number of carbonyl (C=O) groups is 1. The second kappa shape index (κ2) is 10.3. The monoisotopic (exact) mass is 504 g/mol. The van der Waals surface area contributed by atoms with E-state index in [-0.39, 0.29) is 36.3 Å². The third-order valence-electron chi connectivity index (χ3n) is 7.24. The number of nitrogens with one attached hydrogen (secondary N) is 1. The van der Waals surface area contributed by atoms with E-state index in [9.17, 15) is 23.1 Å². The average molecular weight is 505 g/mol. The first-order chi connectivity index (χ1) is 17.1. The highest BCUT2D eigenvalue weighted by Crippen LogP contribution is 2.41. The van der Waals surface area contributed by atoms with E-state index in [2.05, 4.69) is 15.3 Å². The molecule has 1 fully saturated rings. The van der Waals surface area contributed by atoms with E-state index >= 15 is 0 Å². The first-order valence-electron chi connectivity index (χ1n) is 12.1. The Morgan fingerprint density at radius 1 is 1.28 bits per heavy atom. The number of aryl methyl sites for hydroxylation is 1. The summed E-state index contributed by atoms with van der Waals surface area (Å²) in [5.74, 6) is -1.40. The molecule has 1 aromatic heterocycles. The van der Waals surface area contributed by atoms with Crippen LogP contribution in [0.5, 0.6) is 0 Å². The molecule has 3 heterocycles. The van der Waals surface area contributed by atoms with Crippen LogP contribution in [-0.2, 0) is 10.4 Å². The topological polar surface area (TPSA) is 98.1 Å². The summed E-state index contributed by atoms with van der Waals surface area (Å²) in [6.07, 6.45) is -0.596. The number of fused-ring (bicyclic) bond motifs is 1. The largest absolute Gasteiger partial charge is 0.387 e. The third kappa shape index (κ3) is 4.89. The molecular formula is C26H31F3N4O3. The molecule has 1 saturated heterocycles. The summed E-state index contributed by atoms with van der Waals surface area (Å²) in [5, 5.41) is 23.9. The van der Waals surface area contributed by atoms with Gasteiger partial charge in [-0.25, -0.2) is 13.2 Å². The first-order valence-corrected chi connectivity index (χ1v) is 12.1. The molecule has 2 aliphatic rings. The standard InChI is InChI=1S/C26H31F3N4O3/c1-14-12-30-24-16(3)31-20(26(36)7-9-33(10-8-26)21(35)13-34)11-19(24)23(14)32-15(2)17-5-4-6-18(22(17)27)25(28)29/h4-6,11-12,14-15,23,25,32,34,36H,7-10,13H2,1-3H3/t14?,15-,23?/m1/s1. The van der Waals surface area contributed by atoms with Crippen molar-refractivity contribution >= 4 is 17.8 Å². The molecule has 1 aromatic carbocycles. The Bertz CT molecular complexity index is 1170. The number of hydrogen-bond donors (Lipinski definition) is 3. The maximum Gasteiger partial charge on any atom is 0.266 e. The molecule has 0 saturated carbocycles. The van der Waals surface area contributed by atoms with Gasteiger partial charge in [-0.15, -0.1) is 0 Å². The van der Waals surface area contributed by atoms with E-state index < -0.39 is 36.1 Å². The lowest BCUT2D eigenvalue weighted by molar-refractivity contribution is -0.138. The summed E-state index contributed by atoms with van der Waals surface area (Å²) in [4.78, 5) is 22.5. The van der Waals surface area contributed by atoms with Crippen molar-refractivity contribution in [3.63, 3.8) is 0 Å². The van der Waals surface area contributed by atoms with Crippen LogP contribution in [0.1, 0.15) is 73.3 Å². The van der Waals surface area contributed by atoms with Crippen LogP contribution in [0, 0.1) is 18.7 Å². The van der Waals surface area contributed by atoms with Crippen LogP contribution in [0.2, 0.25) is 0 Å². The number of aliphatic imine (C=N–C) groups is 1. The Hall–Kier alpha value is -2.82. The second-order valence-electron chi connectivity index (χ2n) is 9.66. The fraction of sp³-hybridized carbons (Fsp3) is 0.500. The van der Waals surface area contributed by atoms with Crippen molar-refractivity contribution in [2.75, 3.05) is 19.7 Å². The summed E-state index contributed by atoms with van der Waals surface area (Å²) < 4.78 is 41.3. The first kappa shape index (κ1) is 26.2. The van der Waals surface area contributed by atoms with Crippen LogP contribution in [0.4, 0.5) is 18.9 Å². The fourth-order valence-corrected chi connectivity index (χ4v) is 5.05. The molecule has 7 nitrogen and oxygen atoms in total. The van der Waals surface area contributed by atoms with E-state index in [1.165, 1.54) is 17.0 Å². The van der Waals surface area contributed by atoms with Crippen molar-refractivity contribution in [3.05, 3.63) is 58.2 Å². The molecule has 3 N–H and O–H groups in total. The highest BCUT2D eigenvalue weighted by atomic mass is 19.3. The van der Waals surface area contributed by atoms with Crippen LogP contribution in [0.3, 0.4) is 0 Å². The number of aliphatic hydroxyl groups is 2. The minimum atomic E-state index is -2.91. The highest BCUT2D eigenvalue weighted by molar-refractivity contribution is 5.77. The molecule has 36 heavy (non-hydrogen) atoms. The summed E-state index contributed by atoms with van der Waals surface area (Å²) >= 11 is 0. The van der Waals surface area contributed by atoms with Gasteiger partial charge >= 0.3 is 0 Å². The minimum Gasteiger partial charge on any atom is -0.387 e. The number of benzene rings is 1. The van der Waals surface area contributed by atoms with E-state index in [0.29, 0.717) is 30.2 Å². The molecule has 2 aliphatic heterocycles. The smallest absolute Gasteiger partial charge is 0.266 e. The van der Waals surface area contributed by atoms with Crippen molar-refractivity contribution in [1.29, 1.82) is 0 Å². The van der Waals surface area contributed by atoms with Gasteiger partial charge in [0.15, 0.2) is 0 Å². The molecular weight excluding hydrogens is 473 g/mol. The Balaban J connectivity index is 1.64. The number of amides is 1.